The van der Waals surface area contributed by atoms with Gasteiger partial charge >= 0.3 is 0 Å². The minimum absolute atomic E-state index is 0.0105. The summed E-state index contributed by atoms with van der Waals surface area (Å²) in [6.45, 7) is 4.78. The fourth-order valence-corrected chi connectivity index (χ4v) is 5.98. The summed E-state index contributed by atoms with van der Waals surface area (Å²) < 4.78 is 42.7. The van der Waals surface area contributed by atoms with Crippen LogP contribution in [0.1, 0.15) is 36.2 Å². The van der Waals surface area contributed by atoms with E-state index in [0.717, 1.165) is 29.7 Å². The first-order valence-corrected chi connectivity index (χ1v) is 11.7. The van der Waals surface area contributed by atoms with Gasteiger partial charge in [-0.25, -0.2) is 17.8 Å². The highest BCUT2D eigenvalue weighted by molar-refractivity contribution is 7.89. The molecule has 0 unspecified atom stereocenters. The molecule has 0 bridgehead atoms. The zero-order valence-corrected chi connectivity index (χ0v) is 18.4. The van der Waals surface area contributed by atoms with E-state index >= 15 is 0 Å². The summed E-state index contributed by atoms with van der Waals surface area (Å²) in [4.78, 5) is 19.2. The van der Waals surface area contributed by atoms with Gasteiger partial charge in [-0.15, -0.1) is 0 Å². The smallest absolute Gasteiger partial charge is 0.262 e. The third-order valence-electron chi connectivity index (χ3n) is 6.20. The molecule has 0 atom stereocenters. The van der Waals surface area contributed by atoms with Crippen LogP contribution < -0.4 is 4.90 Å². The summed E-state index contributed by atoms with van der Waals surface area (Å²) in [6, 6.07) is 2.99. The van der Waals surface area contributed by atoms with Crippen LogP contribution in [0.2, 0.25) is 0 Å². The second kappa shape index (κ2) is 7.77. The minimum atomic E-state index is -3.66. The summed E-state index contributed by atoms with van der Waals surface area (Å²) >= 11 is 0. The van der Waals surface area contributed by atoms with E-state index in [1.165, 1.54) is 22.6 Å². The van der Waals surface area contributed by atoms with Crippen LogP contribution >= 0.6 is 0 Å². The number of sulfonamides is 1. The van der Waals surface area contributed by atoms with E-state index in [1.54, 1.807) is 23.4 Å². The van der Waals surface area contributed by atoms with Crippen molar-refractivity contribution in [3.63, 3.8) is 0 Å². The monoisotopic (exact) mass is 434 g/mol. The third kappa shape index (κ3) is 3.65. The van der Waals surface area contributed by atoms with Crippen molar-refractivity contribution in [1.82, 2.24) is 13.9 Å². The van der Waals surface area contributed by atoms with Crippen LogP contribution in [0, 0.1) is 25.6 Å². The molecule has 1 fully saturated rings. The average molecular weight is 435 g/mol. The summed E-state index contributed by atoms with van der Waals surface area (Å²) in [7, 11) is -1.90. The van der Waals surface area contributed by atoms with Crippen LogP contribution in [0.3, 0.4) is 0 Å². The highest BCUT2D eigenvalue weighted by Crippen LogP contribution is 2.34. The van der Waals surface area contributed by atoms with Crippen LogP contribution in [0.15, 0.2) is 23.4 Å². The van der Waals surface area contributed by atoms with E-state index in [1.807, 2.05) is 6.92 Å². The SMILES string of the molecule is Cc1cc(F)cc2c1N(C(=O)C1CCN(S(=O)(=O)c3cn(C)c(C)n3)CC1)CCC2. The number of hydrogen-bond donors (Lipinski definition) is 0. The van der Waals surface area contributed by atoms with E-state index in [4.69, 9.17) is 0 Å². The number of aromatic nitrogens is 2. The first kappa shape index (κ1) is 21.0. The number of piperidine rings is 1. The number of imidazole rings is 1. The maximum absolute atomic E-state index is 13.8. The second-order valence-electron chi connectivity index (χ2n) is 8.24. The Morgan fingerprint density at radius 3 is 2.50 bits per heavy atom. The molecule has 0 spiro atoms. The Labute approximate surface area is 176 Å². The van der Waals surface area contributed by atoms with Crippen LogP contribution in [0.25, 0.3) is 0 Å². The molecule has 30 heavy (non-hydrogen) atoms. The molecule has 1 saturated heterocycles. The van der Waals surface area contributed by atoms with Crippen molar-refractivity contribution >= 4 is 21.6 Å². The highest BCUT2D eigenvalue weighted by Gasteiger charge is 2.36. The van der Waals surface area contributed by atoms with Crippen molar-refractivity contribution in [1.29, 1.82) is 0 Å². The standard InChI is InChI=1S/C21H27FN4O3S/c1-14-11-18(22)12-17-5-4-8-26(20(14)17)21(27)16-6-9-25(10-7-16)30(28,29)19-13-24(3)15(2)23-19/h11-13,16H,4-10H2,1-3H3. The molecule has 2 aliphatic heterocycles. The lowest BCUT2D eigenvalue weighted by atomic mass is 9.92. The number of nitrogens with zero attached hydrogens (tertiary/aromatic N) is 4. The molecule has 1 amide bonds. The molecular weight excluding hydrogens is 407 g/mol. The lowest BCUT2D eigenvalue weighted by molar-refractivity contribution is -0.123. The van der Waals surface area contributed by atoms with Gasteiger partial charge in [0.25, 0.3) is 10.0 Å². The van der Waals surface area contributed by atoms with Crippen molar-refractivity contribution in [2.24, 2.45) is 13.0 Å². The molecule has 2 aromatic rings. The number of benzene rings is 1. The predicted molar refractivity (Wildman–Crippen MR) is 111 cm³/mol. The minimum Gasteiger partial charge on any atom is -0.337 e. The van der Waals surface area contributed by atoms with E-state index < -0.39 is 10.0 Å². The Morgan fingerprint density at radius 2 is 1.87 bits per heavy atom. The van der Waals surface area contributed by atoms with E-state index in [0.29, 0.717) is 25.2 Å². The molecule has 1 aromatic heterocycles. The van der Waals surface area contributed by atoms with Gasteiger partial charge < -0.3 is 9.47 Å². The van der Waals surface area contributed by atoms with Crippen molar-refractivity contribution in [2.75, 3.05) is 24.5 Å². The number of fused-ring (bicyclic) bond motifs is 1. The molecule has 0 aliphatic carbocycles. The lowest BCUT2D eigenvalue weighted by Gasteiger charge is -2.36. The largest absolute Gasteiger partial charge is 0.337 e. The number of carbonyl (C=O) groups is 1. The van der Waals surface area contributed by atoms with Gasteiger partial charge in [0.1, 0.15) is 11.6 Å². The van der Waals surface area contributed by atoms with Crippen molar-refractivity contribution in [3.8, 4) is 0 Å². The Kier molecular flexibility index (Phi) is 5.44. The first-order chi connectivity index (χ1) is 14.2. The molecule has 2 aliphatic rings. The molecule has 7 nitrogen and oxygen atoms in total. The first-order valence-electron chi connectivity index (χ1n) is 10.3. The van der Waals surface area contributed by atoms with Crippen LogP contribution in [-0.4, -0.2) is 47.8 Å². The number of halogens is 1. The number of aryl methyl sites for hydroxylation is 4. The van der Waals surface area contributed by atoms with Gasteiger partial charge in [-0.05, 0) is 62.8 Å². The fourth-order valence-electron chi connectivity index (χ4n) is 4.49. The molecule has 162 valence electrons. The Balaban J connectivity index is 1.48. The van der Waals surface area contributed by atoms with Crippen LogP contribution in [0.5, 0.6) is 0 Å². The van der Waals surface area contributed by atoms with Gasteiger partial charge in [-0.3, -0.25) is 4.79 Å². The van der Waals surface area contributed by atoms with Gasteiger partial charge in [-0.2, -0.15) is 4.31 Å². The van der Waals surface area contributed by atoms with E-state index in [9.17, 15) is 17.6 Å². The molecule has 4 rings (SSSR count). The summed E-state index contributed by atoms with van der Waals surface area (Å²) in [5.41, 5.74) is 2.47. The van der Waals surface area contributed by atoms with Gasteiger partial charge in [0.05, 0.1) is 0 Å². The number of anilines is 1. The Bertz CT molecular complexity index is 1070. The molecule has 0 N–H and O–H groups in total. The molecule has 3 heterocycles. The number of carbonyl (C=O) groups excluding carboxylic acids is 1. The number of hydrogen-bond acceptors (Lipinski definition) is 4. The maximum Gasteiger partial charge on any atom is 0.262 e. The van der Waals surface area contributed by atoms with Crippen molar-refractivity contribution in [3.05, 3.63) is 41.1 Å². The third-order valence-corrected chi connectivity index (χ3v) is 7.97. The van der Waals surface area contributed by atoms with Crippen LogP contribution in [0.4, 0.5) is 10.1 Å². The zero-order chi connectivity index (χ0) is 21.6. The molecule has 1 aromatic carbocycles. The summed E-state index contributed by atoms with van der Waals surface area (Å²) in [5, 5.41) is 0.0508. The van der Waals surface area contributed by atoms with Crippen molar-refractivity contribution < 1.29 is 17.6 Å². The number of rotatable bonds is 3. The lowest BCUT2D eigenvalue weighted by Crippen LogP contribution is -2.46. The molecule has 9 heteroatoms. The van der Waals surface area contributed by atoms with E-state index in [2.05, 4.69) is 4.98 Å². The van der Waals surface area contributed by atoms with Gasteiger partial charge in [-0.1, -0.05) is 0 Å². The van der Waals surface area contributed by atoms with Gasteiger partial charge in [0.15, 0.2) is 5.03 Å². The van der Waals surface area contributed by atoms with Crippen LogP contribution in [-0.2, 0) is 28.3 Å². The van der Waals surface area contributed by atoms with Gasteiger partial charge in [0.2, 0.25) is 5.91 Å². The summed E-state index contributed by atoms with van der Waals surface area (Å²) in [5.74, 6) is 0.131. The zero-order valence-electron chi connectivity index (χ0n) is 17.6. The molecule has 0 radical (unpaired) electrons. The topological polar surface area (TPSA) is 75.5 Å². The average Bonchev–Trinajstić information content (AvgIpc) is 3.06. The molecular formula is C21H27FN4O3S. The maximum atomic E-state index is 13.8. The second-order valence-corrected chi connectivity index (χ2v) is 10.1. The van der Waals surface area contributed by atoms with Gasteiger partial charge in [0, 0.05) is 44.5 Å². The van der Waals surface area contributed by atoms with Crippen molar-refractivity contribution in [2.45, 2.75) is 44.6 Å². The Hall–Kier alpha value is -2.26. The quantitative estimate of drug-likeness (QED) is 0.744. The Morgan fingerprint density at radius 1 is 1.17 bits per heavy atom. The normalized spacial score (nSPS) is 18.5. The summed E-state index contributed by atoms with van der Waals surface area (Å²) in [6.07, 6.45) is 4.02. The highest BCUT2D eigenvalue weighted by atomic mass is 32.2. The predicted octanol–water partition coefficient (Wildman–Crippen LogP) is 2.56. The van der Waals surface area contributed by atoms with E-state index in [-0.39, 0.29) is 35.8 Å². The fraction of sp³-hybridized carbons (Fsp3) is 0.524. The number of amides is 1. The molecule has 0 saturated carbocycles.